The Hall–Kier alpha value is -0.0100. The first-order valence-corrected chi connectivity index (χ1v) is 6.14. The predicted octanol–water partition coefficient (Wildman–Crippen LogP) is 4.45. The lowest BCUT2D eigenvalue weighted by molar-refractivity contribution is 0.724. The fraction of sp³-hybridized carbons (Fsp3) is 0.455. The van der Waals surface area contributed by atoms with Gasteiger partial charge in [-0.15, -0.1) is 0 Å². The number of unbranched alkanes of at least 4 members (excludes halogenated alkanes) is 2. The van der Waals surface area contributed by atoms with Crippen molar-refractivity contribution in [1.82, 2.24) is 0 Å². The van der Waals surface area contributed by atoms with Crippen molar-refractivity contribution < 1.29 is 0 Å². The molecule has 0 amide bonds. The lowest BCUT2D eigenvalue weighted by atomic mass is 10.1. The number of hydrogen-bond acceptors (Lipinski definition) is 0. The van der Waals surface area contributed by atoms with Crippen molar-refractivity contribution in [2.45, 2.75) is 25.7 Å². The van der Waals surface area contributed by atoms with Crippen LogP contribution >= 0.6 is 27.5 Å². The van der Waals surface area contributed by atoms with Crippen molar-refractivity contribution in [2.24, 2.45) is 0 Å². The second-order valence-electron chi connectivity index (χ2n) is 3.09. The summed E-state index contributed by atoms with van der Waals surface area (Å²) in [5.41, 5.74) is 1.28. The molecule has 0 aliphatic heterocycles. The van der Waals surface area contributed by atoms with E-state index in [1.54, 1.807) is 0 Å². The molecule has 0 N–H and O–H groups in total. The number of rotatable bonds is 5. The Labute approximate surface area is 93.4 Å². The lowest BCUT2D eigenvalue weighted by Gasteiger charge is -2.02. The monoisotopic (exact) mass is 260 g/mol. The third-order valence-electron chi connectivity index (χ3n) is 2.04. The van der Waals surface area contributed by atoms with Crippen LogP contribution in [0.2, 0.25) is 5.02 Å². The van der Waals surface area contributed by atoms with Gasteiger partial charge in [-0.3, -0.25) is 0 Å². The highest BCUT2D eigenvalue weighted by molar-refractivity contribution is 9.09. The second-order valence-corrected chi connectivity index (χ2v) is 4.29. The molecule has 0 aliphatic carbocycles. The first-order valence-electron chi connectivity index (χ1n) is 4.64. The van der Waals surface area contributed by atoms with E-state index in [1.165, 1.54) is 24.8 Å². The molecule has 0 heterocycles. The Morgan fingerprint density at radius 3 is 2.54 bits per heavy atom. The summed E-state index contributed by atoms with van der Waals surface area (Å²) < 4.78 is 0. The van der Waals surface area contributed by atoms with Crippen LogP contribution in [0.5, 0.6) is 0 Å². The first kappa shape index (κ1) is 11.1. The van der Waals surface area contributed by atoms with Crippen molar-refractivity contribution in [3.63, 3.8) is 0 Å². The molecule has 0 aromatic heterocycles. The summed E-state index contributed by atoms with van der Waals surface area (Å²) in [4.78, 5) is 0. The van der Waals surface area contributed by atoms with Crippen LogP contribution in [0.1, 0.15) is 24.8 Å². The van der Waals surface area contributed by atoms with Gasteiger partial charge >= 0.3 is 0 Å². The summed E-state index contributed by atoms with van der Waals surface area (Å²) in [6.07, 6.45) is 4.86. The van der Waals surface area contributed by atoms with Crippen LogP contribution in [0.25, 0.3) is 0 Å². The van der Waals surface area contributed by atoms with Crippen molar-refractivity contribution in [3.05, 3.63) is 34.9 Å². The summed E-state index contributed by atoms with van der Waals surface area (Å²) in [6, 6.07) is 8.09. The highest BCUT2D eigenvalue weighted by Crippen LogP contribution is 2.17. The molecule has 0 saturated carbocycles. The van der Waals surface area contributed by atoms with Gasteiger partial charge in [-0.2, -0.15) is 0 Å². The Balaban J connectivity index is 2.32. The normalized spacial score (nSPS) is 10.3. The standard InChI is InChI=1S/C11H14BrCl/c12-9-5-1-2-6-10-7-3-4-8-11(10)13/h3-4,7-8H,1-2,5-6,9H2. The van der Waals surface area contributed by atoms with Crippen LogP contribution in [0.15, 0.2) is 24.3 Å². The molecule has 0 unspecified atom stereocenters. The molecule has 0 fully saturated rings. The summed E-state index contributed by atoms with van der Waals surface area (Å²) in [6.45, 7) is 0. The zero-order chi connectivity index (χ0) is 9.52. The molecular weight excluding hydrogens is 247 g/mol. The van der Waals surface area contributed by atoms with Crippen LogP contribution in [0.4, 0.5) is 0 Å². The van der Waals surface area contributed by atoms with Crippen LogP contribution in [-0.4, -0.2) is 5.33 Å². The van der Waals surface area contributed by atoms with E-state index in [-0.39, 0.29) is 0 Å². The fourth-order valence-electron chi connectivity index (χ4n) is 1.29. The molecule has 2 heteroatoms. The van der Waals surface area contributed by atoms with Crippen LogP contribution in [-0.2, 0) is 6.42 Å². The minimum absolute atomic E-state index is 0.904. The van der Waals surface area contributed by atoms with Crippen LogP contribution in [0, 0.1) is 0 Å². The molecule has 0 atom stereocenters. The van der Waals surface area contributed by atoms with Gasteiger partial charge in [-0.05, 0) is 30.9 Å². The molecule has 1 aromatic rings. The third-order valence-corrected chi connectivity index (χ3v) is 2.97. The Morgan fingerprint density at radius 1 is 1.08 bits per heavy atom. The maximum atomic E-state index is 6.03. The maximum Gasteiger partial charge on any atom is 0.0437 e. The largest absolute Gasteiger partial charge is 0.0928 e. The first-order chi connectivity index (χ1) is 6.34. The van der Waals surface area contributed by atoms with Crippen molar-refractivity contribution in [3.8, 4) is 0 Å². The van der Waals surface area contributed by atoms with E-state index < -0.39 is 0 Å². The highest BCUT2D eigenvalue weighted by atomic mass is 79.9. The molecule has 0 aliphatic rings. The van der Waals surface area contributed by atoms with E-state index in [1.807, 2.05) is 18.2 Å². The third kappa shape index (κ3) is 4.15. The molecule has 0 radical (unpaired) electrons. The zero-order valence-electron chi connectivity index (χ0n) is 7.60. The molecule has 0 saturated heterocycles. The minimum atomic E-state index is 0.904. The van der Waals surface area contributed by atoms with E-state index in [2.05, 4.69) is 22.0 Å². The maximum absolute atomic E-state index is 6.03. The smallest absolute Gasteiger partial charge is 0.0437 e. The summed E-state index contributed by atoms with van der Waals surface area (Å²) >= 11 is 9.45. The van der Waals surface area contributed by atoms with Crippen molar-refractivity contribution in [2.75, 3.05) is 5.33 Å². The van der Waals surface area contributed by atoms with E-state index in [9.17, 15) is 0 Å². The van der Waals surface area contributed by atoms with Gasteiger partial charge in [0.05, 0.1) is 0 Å². The SMILES string of the molecule is Clc1ccccc1CCCCCBr. The number of benzene rings is 1. The quantitative estimate of drug-likeness (QED) is 0.543. The number of aryl methyl sites for hydroxylation is 1. The number of hydrogen-bond donors (Lipinski definition) is 0. The van der Waals surface area contributed by atoms with Crippen LogP contribution < -0.4 is 0 Å². The van der Waals surface area contributed by atoms with Crippen LogP contribution in [0.3, 0.4) is 0 Å². The molecular formula is C11H14BrCl. The average Bonchev–Trinajstić information content (AvgIpc) is 2.15. The van der Waals surface area contributed by atoms with Crippen molar-refractivity contribution in [1.29, 1.82) is 0 Å². The average molecular weight is 262 g/mol. The molecule has 1 rings (SSSR count). The zero-order valence-corrected chi connectivity index (χ0v) is 9.94. The van der Waals surface area contributed by atoms with E-state index >= 15 is 0 Å². The Morgan fingerprint density at radius 2 is 1.85 bits per heavy atom. The fourth-order valence-corrected chi connectivity index (χ4v) is 1.91. The van der Waals surface area contributed by atoms with Gasteiger partial charge < -0.3 is 0 Å². The molecule has 72 valence electrons. The lowest BCUT2D eigenvalue weighted by Crippen LogP contribution is -1.87. The van der Waals surface area contributed by atoms with Gasteiger partial charge in [0.15, 0.2) is 0 Å². The number of halogens is 2. The predicted molar refractivity (Wildman–Crippen MR) is 62.8 cm³/mol. The van der Waals surface area contributed by atoms with Gasteiger partial charge in [0.1, 0.15) is 0 Å². The highest BCUT2D eigenvalue weighted by Gasteiger charge is 1.97. The topological polar surface area (TPSA) is 0 Å². The minimum Gasteiger partial charge on any atom is -0.0928 e. The van der Waals surface area contributed by atoms with Gasteiger partial charge in [0.25, 0.3) is 0 Å². The summed E-state index contributed by atoms with van der Waals surface area (Å²) in [5.74, 6) is 0. The number of alkyl halides is 1. The molecule has 1 aromatic carbocycles. The molecule has 13 heavy (non-hydrogen) atoms. The summed E-state index contributed by atoms with van der Waals surface area (Å²) in [5, 5.41) is 2.01. The Kier molecular flexibility index (Phi) is 5.49. The molecule has 0 nitrogen and oxygen atoms in total. The Bertz CT molecular complexity index is 248. The van der Waals surface area contributed by atoms with Gasteiger partial charge in [0, 0.05) is 10.4 Å². The van der Waals surface area contributed by atoms with E-state index in [0.29, 0.717) is 0 Å². The summed E-state index contributed by atoms with van der Waals surface area (Å²) in [7, 11) is 0. The second kappa shape index (κ2) is 6.44. The molecule has 0 bridgehead atoms. The van der Waals surface area contributed by atoms with Crippen molar-refractivity contribution >= 4 is 27.5 Å². The van der Waals surface area contributed by atoms with Gasteiger partial charge in [-0.1, -0.05) is 52.2 Å². The van der Waals surface area contributed by atoms with E-state index in [0.717, 1.165) is 16.8 Å². The van der Waals surface area contributed by atoms with Gasteiger partial charge in [0.2, 0.25) is 0 Å². The molecule has 0 spiro atoms. The van der Waals surface area contributed by atoms with Gasteiger partial charge in [-0.25, -0.2) is 0 Å². The van der Waals surface area contributed by atoms with E-state index in [4.69, 9.17) is 11.6 Å².